The molecule has 346 valence electrons. The van der Waals surface area contributed by atoms with Crippen LogP contribution in [0.3, 0.4) is 0 Å². The van der Waals surface area contributed by atoms with Crippen LogP contribution in [0.4, 0.5) is 0 Å². The molecule has 0 aromatic heterocycles. The molecule has 0 spiro atoms. The van der Waals surface area contributed by atoms with Crippen LogP contribution in [0.15, 0.2) is 36.4 Å². The maximum Gasteiger partial charge on any atom is 0.257 e. The normalized spacial score (nSPS) is 14.2. The summed E-state index contributed by atoms with van der Waals surface area (Å²) in [6, 6.07) is 8.14. The Morgan fingerprint density at radius 3 is 1.00 bits per heavy atom. The predicted molar refractivity (Wildman–Crippen MR) is 234 cm³/mol. The number of piperidine rings is 2. The third-order valence-corrected chi connectivity index (χ3v) is 11.1. The highest BCUT2D eigenvalue weighted by Crippen LogP contribution is 2.34. The summed E-state index contributed by atoms with van der Waals surface area (Å²) in [6.07, 6.45) is 1.68. The standard InChI is InChI=1S/C44H58N8O12/c1-59-33-23-37(63-5)31(20-27(33)39(53)47-13-11-45)43(57)51-15-7-25(8-16-51)49-41(55)29-19-30(36(62-4)22-35(29)61-3)42(56)50-26-9-17-52(18-10-26)44(58)32-21-28(40(54)48-14-12-46)34(60-2)24-38(32)64-6/h19-26H,7-18,45-46H2,1-6H3,(H,47,53)(H,48,54)(H,49,55)(H,50,56). The molecule has 2 heterocycles. The summed E-state index contributed by atoms with van der Waals surface area (Å²) in [5, 5.41) is 11.4. The minimum atomic E-state index is -0.482. The van der Waals surface area contributed by atoms with E-state index in [0.29, 0.717) is 51.9 Å². The van der Waals surface area contributed by atoms with Crippen LogP contribution >= 0.6 is 0 Å². The first-order chi connectivity index (χ1) is 30.9. The van der Waals surface area contributed by atoms with Crippen LogP contribution in [-0.2, 0) is 0 Å². The van der Waals surface area contributed by atoms with Gasteiger partial charge in [0.2, 0.25) is 0 Å². The quantitative estimate of drug-likeness (QED) is 0.105. The Kier molecular flexibility index (Phi) is 17.0. The average Bonchev–Trinajstić information content (AvgIpc) is 3.33. The van der Waals surface area contributed by atoms with Gasteiger partial charge in [0.1, 0.15) is 34.5 Å². The molecule has 3 aromatic carbocycles. The number of amides is 6. The Balaban J connectivity index is 1.23. The van der Waals surface area contributed by atoms with E-state index in [-0.39, 0.29) is 118 Å². The molecule has 20 heteroatoms. The molecule has 2 aliphatic rings. The van der Waals surface area contributed by atoms with E-state index < -0.39 is 23.6 Å². The lowest BCUT2D eigenvalue weighted by Gasteiger charge is -2.33. The Labute approximate surface area is 371 Å². The molecule has 2 fully saturated rings. The lowest BCUT2D eigenvalue weighted by molar-refractivity contribution is 0.0683. The Bertz CT molecular complexity index is 2050. The number of likely N-dealkylation sites (tertiary alicyclic amines) is 2. The van der Waals surface area contributed by atoms with Gasteiger partial charge in [-0.2, -0.15) is 0 Å². The van der Waals surface area contributed by atoms with E-state index in [9.17, 15) is 28.8 Å². The predicted octanol–water partition coefficient (Wildman–Crippen LogP) is 1.18. The number of nitrogens with two attached hydrogens (primary N) is 2. The number of nitrogens with one attached hydrogen (secondary N) is 4. The van der Waals surface area contributed by atoms with Gasteiger partial charge in [-0.25, -0.2) is 0 Å². The van der Waals surface area contributed by atoms with Crippen LogP contribution in [0.5, 0.6) is 34.5 Å². The van der Waals surface area contributed by atoms with E-state index in [2.05, 4.69) is 21.3 Å². The number of nitrogens with zero attached hydrogens (tertiary/aromatic N) is 2. The largest absolute Gasteiger partial charge is 0.496 e. The van der Waals surface area contributed by atoms with Gasteiger partial charge in [-0.1, -0.05) is 0 Å². The number of hydrogen-bond donors (Lipinski definition) is 6. The summed E-state index contributed by atoms with van der Waals surface area (Å²) in [5.41, 5.74) is 12.0. The SMILES string of the molecule is COc1cc(OC)c(C(=O)N2CCC(NC(=O)c3cc(C(=O)NC4CCN(C(=O)c5cc(C(=O)NCCN)c(OC)cc5OC)CC4)c(OC)cc3OC)CC2)cc1C(=O)NCCN. The molecule has 0 saturated carbocycles. The molecule has 8 N–H and O–H groups in total. The second-order valence-electron chi connectivity index (χ2n) is 14.9. The fraction of sp³-hybridized carbons (Fsp3) is 0.455. The van der Waals surface area contributed by atoms with Crippen molar-refractivity contribution in [1.82, 2.24) is 31.1 Å². The molecule has 20 nitrogen and oxygen atoms in total. The Morgan fingerprint density at radius 1 is 0.453 bits per heavy atom. The van der Waals surface area contributed by atoms with Gasteiger partial charge >= 0.3 is 0 Å². The second-order valence-corrected chi connectivity index (χ2v) is 14.9. The van der Waals surface area contributed by atoms with Crippen molar-refractivity contribution in [1.29, 1.82) is 0 Å². The smallest absolute Gasteiger partial charge is 0.257 e. The fourth-order valence-corrected chi connectivity index (χ4v) is 7.62. The van der Waals surface area contributed by atoms with Crippen LogP contribution in [-0.4, -0.2) is 152 Å². The molecule has 64 heavy (non-hydrogen) atoms. The molecule has 2 aliphatic heterocycles. The first kappa shape index (κ1) is 48.2. The van der Waals surface area contributed by atoms with E-state index in [1.165, 1.54) is 79.1 Å². The van der Waals surface area contributed by atoms with Crippen molar-refractivity contribution in [2.45, 2.75) is 37.8 Å². The molecule has 0 radical (unpaired) electrons. The first-order valence-corrected chi connectivity index (χ1v) is 20.8. The monoisotopic (exact) mass is 890 g/mol. The van der Waals surface area contributed by atoms with Crippen molar-refractivity contribution in [3.05, 3.63) is 69.8 Å². The first-order valence-electron chi connectivity index (χ1n) is 20.8. The van der Waals surface area contributed by atoms with Gasteiger partial charge in [-0.05, 0) is 43.9 Å². The van der Waals surface area contributed by atoms with Gasteiger partial charge in [-0.3, -0.25) is 28.8 Å². The highest BCUT2D eigenvalue weighted by Gasteiger charge is 2.32. The number of rotatable bonds is 18. The zero-order valence-corrected chi connectivity index (χ0v) is 37.1. The van der Waals surface area contributed by atoms with Crippen molar-refractivity contribution in [3.8, 4) is 34.5 Å². The average molecular weight is 891 g/mol. The number of carbonyl (C=O) groups is 6. The lowest BCUT2D eigenvalue weighted by atomic mass is 10.00. The van der Waals surface area contributed by atoms with Gasteiger partial charge in [0, 0.05) is 82.6 Å². The molecule has 0 aliphatic carbocycles. The Hall–Kier alpha value is -6.80. The van der Waals surface area contributed by atoms with Crippen LogP contribution in [0.25, 0.3) is 0 Å². The number of ether oxygens (including phenoxy) is 6. The van der Waals surface area contributed by atoms with E-state index in [0.717, 1.165) is 0 Å². The lowest BCUT2D eigenvalue weighted by Crippen LogP contribution is -2.47. The zero-order chi connectivity index (χ0) is 46.5. The van der Waals surface area contributed by atoms with Crippen molar-refractivity contribution in [3.63, 3.8) is 0 Å². The van der Waals surface area contributed by atoms with Crippen LogP contribution < -0.4 is 61.2 Å². The van der Waals surface area contributed by atoms with E-state index in [1.54, 1.807) is 9.80 Å². The Morgan fingerprint density at radius 2 is 0.719 bits per heavy atom. The number of methoxy groups -OCH3 is 6. The number of carbonyl (C=O) groups excluding carboxylic acids is 6. The highest BCUT2D eigenvalue weighted by molar-refractivity contribution is 6.05. The summed E-state index contributed by atoms with van der Waals surface area (Å²) in [6.45, 7) is 2.15. The van der Waals surface area contributed by atoms with Crippen LogP contribution in [0.2, 0.25) is 0 Å². The number of benzene rings is 3. The summed E-state index contributed by atoms with van der Waals surface area (Å²) >= 11 is 0. The van der Waals surface area contributed by atoms with Gasteiger partial charge < -0.3 is 71.0 Å². The van der Waals surface area contributed by atoms with Gasteiger partial charge in [0.25, 0.3) is 35.4 Å². The van der Waals surface area contributed by atoms with Crippen molar-refractivity contribution >= 4 is 35.4 Å². The van der Waals surface area contributed by atoms with E-state index in [1.807, 2.05) is 0 Å². The summed E-state index contributed by atoms with van der Waals surface area (Å²) in [4.78, 5) is 84.1. The van der Waals surface area contributed by atoms with E-state index >= 15 is 0 Å². The van der Waals surface area contributed by atoms with E-state index in [4.69, 9.17) is 39.9 Å². The van der Waals surface area contributed by atoms with Crippen LogP contribution in [0.1, 0.15) is 87.8 Å². The number of hydrogen-bond acceptors (Lipinski definition) is 14. The van der Waals surface area contributed by atoms with Crippen molar-refractivity contribution in [2.24, 2.45) is 11.5 Å². The minimum absolute atomic E-state index is 0.111. The molecule has 3 aromatic rings. The maximum absolute atomic E-state index is 13.8. The molecule has 2 saturated heterocycles. The maximum atomic E-state index is 13.8. The topological polar surface area (TPSA) is 264 Å². The molecule has 6 amide bonds. The summed E-state index contributed by atoms with van der Waals surface area (Å²) in [5.74, 6) is -1.20. The summed E-state index contributed by atoms with van der Waals surface area (Å²) in [7, 11) is 8.49. The van der Waals surface area contributed by atoms with Gasteiger partial charge in [-0.15, -0.1) is 0 Å². The fourth-order valence-electron chi connectivity index (χ4n) is 7.62. The molecule has 0 atom stereocenters. The second kappa shape index (κ2) is 22.5. The molecule has 0 unspecified atom stereocenters. The van der Waals surface area contributed by atoms with Crippen molar-refractivity contribution in [2.75, 3.05) is 95.0 Å². The van der Waals surface area contributed by atoms with Gasteiger partial charge in [0.15, 0.2) is 0 Å². The van der Waals surface area contributed by atoms with Crippen molar-refractivity contribution < 1.29 is 57.2 Å². The van der Waals surface area contributed by atoms with Crippen LogP contribution in [0, 0.1) is 0 Å². The molecular weight excluding hydrogens is 833 g/mol. The zero-order valence-electron chi connectivity index (χ0n) is 37.1. The third kappa shape index (κ3) is 11.0. The third-order valence-electron chi connectivity index (χ3n) is 11.1. The van der Waals surface area contributed by atoms with Gasteiger partial charge in [0.05, 0.1) is 76.0 Å². The molecule has 0 bridgehead atoms. The minimum Gasteiger partial charge on any atom is -0.496 e. The molecule has 5 rings (SSSR count). The summed E-state index contributed by atoms with van der Waals surface area (Å²) < 4.78 is 32.8. The molecular formula is C44H58N8O12. The highest BCUT2D eigenvalue weighted by atomic mass is 16.5.